The van der Waals surface area contributed by atoms with Gasteiger partial charge in [0.15, 0.2) is 0 Å². The SMILES string of the molecule is CCCCC(=O)NCC1CN(c2cc(C)cc(C)c2)C(=O)O1. The van der Waals surface area contributed by atoms with Gasteiger partial charge in [-0.25, -0.2) is 4.79 Å². The van der Waals surface area contributed by atoms with Gasteiger partial charge in [0, 0.05) is 12.1 Å². The Balaban J connectivity index is 1.92. The summed E-state index contributed by atoms with van der Waals surface area (Å²) in [5, 5.41) is 2.83. The molecule has 1 aliphatic rings. The molecule has 1 atom stereocenters. The lowest BCUT2D eigenvalue weighted by molar-refractivity contribution is -0.121. The summed E-state index contributed by atoms with van der Waals surface area (Å²) in [4.78, 5) is 25.3. The summed E-state index contributed by atoms with van der Waals surface area (Å²) in [5.74, 6) is 0.0164. The van der Waals surface area contributed by atoms with Crippen molar-refractivity contribution in [3.63, 3.8) is 0 Å². The molecule has 2 rings (SSSR count). The number of rotatable bonds is 6. The summed E-state index contributed by atoms with van der Waals surface area (Å²) in [7, 11) is 0. The molecule has 0 aromatic heterocycles. The zero-order chi connectivity index (χ0) is 16.1. The van der Waals surface area contributed by atoms with Crippen LogP contribution in [0.15, 0.2) is 18.2 Å². The summed E-state index contributed by atoms with van der Waals surface area (Å²) in [6.07, 6.45) is 1.76. The number of anilines is 1. The molecule has 1 unspecified atom stereocenters. The number of cyclic esters (lactones) is 1. The van der Waals surface area contributed by atoms with Crippen LogP contribution in [0.3, 0.4) is 0 Å². The second-order valence-corrected chi connectivity index (χ2v) is 5.87. The first-order chi connectivity index (χ1) is 10.5. The lowest BCUT2D eigenvalue weighted by Gasteiger charge is -2.14. The maximum Gasteiger partial charge on any atom is 0.414 e. The highest BCUT2D eigenvalue weighted by Crippen LogP contribution is 2.24. The average Bonchev–Trinajstić information content (AvgIpc) is 2.83. The van der Waals surface area contributed by atoms with Crippen LogP contribution in [0.2, 0.25) is 0 Å². The number of hydrogen-bond acceptors (Lipinski definition) is 3. The van der Waals surface area contributed by atoms with Gasteiger partial charge in [0.25, 0.3) is 0 Å². The van der Waals surface area contributed by atoms with E-state index in [0.29, 0.717) is 19.5 Å². The molecular formula is C17H24N2O3. The summed E-state index contributed by atoms with van der Waals surface area (Å²) >= 11 is 0. The van der Waals surface area contributed by atoms with Crippen molar-refractivity contribution in [2.24, 2.45) is 0 Å². The van der Waals surface area contributed by atoms with Gasteiger partial charge in [-0.05, 0) is 43.5 Å². The molecule has 5 heteroatoms. The molecule has 5 nitrogen and oxygen atoms in total. The van der Waals surface area contributed by atoms with Crippen LogP contribution in [0.25, 0.3) is 0 Å². The van der Waals surface area contributed by atoms with Gasteiger partial charge in [-0.3, -0.25) is 9.69 Å². The number of amides is 2. The summed E-state index contributed by atoms with van der Waals surface area (Å²) in [6.45, 7) is 6.89. The van der Waals surface area contributed by atoms with Crippen molar-refractivity contribution in [2.75, 3.05) is 18.0 Å². The van der Waals surface area contributed by atoms with Crippen LogP contribution in [0.1, 0.15) is 37.3 Å². The van der Waals surface area contributed by atoms with Crippen LogP contribution < -0.4 is 10.2 Å². The van der Waals surface area contributed by atoms with E-state index >= 15 is 0 Å². The second-order valence-electron chi connectivity index (χ2n) is 5.87. The first kappa shape index (κ1) is 16.3. The molecule has 1 aromatic rings. The van der Waals surface area contributed by atoms with Crippen molar-refractivity contribution in [3.05, 3.63) is 29.3 Å². The summed E-state index contributed by atoms with van der Waals surface area (Å²) in [6, 6.07) is 6.00. The highest BCUT2D eigenvalue weighted by atomic mass is 16.6. The minimum absolute atomic E-state index is 0.0164. The van der Waals surface area contributed by atoms with Crippen molar-refractivity contribution in [3.8, 4) is 0 Å². The molecule has 1 fully saturated rings. The monoisotopic (exact) mass is 304 g/mol. The maximum atomic E-state index is 12.0. The smallest absolute Gasteiger partial charge is 0.414 e. The number of benzene rings is 1. The van der Waals surface area contributed by atoms with Gasteiger partial charge in [-0.15, -0.1) is 0 Å². The zero-order valence-corrected chi connectivity index (χ0v) is 13.5. The van der Waals surface area contributed by atoms with E-state index in [1.807, 2.05) is 32.9 Å². The molecule has 1 N–H and O–H groups in total. The van der Waals surface area contributed by atoms with E-state index < -0.39 is 0 Å². The molecule has 0 bridgehead atoms. The van der Waals surface area contributed by atoms with E-state index in [4.69, 9.17) is 4.74 Å². The summed E-state index contributed by atoms with van der Waals surface area (Å²) < 4.78 is 5.34. The largest absolute Gasteiger partial charge is 0.442 e. The fraction of sp³-hybridized carbons (Fsp3) is 0.529. The van der Waals surface area contributed by atoms with Crippen LogP contribution in [0.4, 0.5) is 10.5 Å². The van der Waals surface area contributed by atoms with Crippen LogP contribution in [0.5, 0.6) is 0 Å². The molecule has 1 aromatic carbocycles. The molecule has 120 valence electrons. The van der Waals surface area contributed by atoms with Crippen LogP contribution >= 0.6 is 0 Å². The molecule has 1 aliphatic heterocycles. The van der Waals surface area contributed by atoms with E-state index in [9.17, 15) is 9.59 Å². The number of aryl methyl sites for hydroxylation is 2. The Morgan fingerprint density at radius 1 is 1.32 bits per heavy atom. The van der Waals surface area contributed by atoms with Crippen molar-refractivity contribution in [1.29, 1.82) is 0 Å². The first-order valence-corrected chi connectivity index (χ1v) is 7.82. The fourth-order valence-corrected chi connectivity index (χ4v) is 2.60. The van der Waals surface area contributed by atoms with E-state index in [1.165, 1.54) is 0 Å². The Morgan fingerprint density at radius 2 is 2.00 bits per heavy atom. The number of hydrogen-bond donors (Lipinski definition) is 1. The van der Waals surface area contributed by atoms with Crippen molar-refractivity contribution in [1.82, 2.24) is 5.32 Å². The Hall–Kier alpha value is -2.04. The molecule has 1 heterocycles. The van der Waals surface area contributed by atoms with E-state index in [2.05, 4.69) is 11.4 Å². The van der Waals surface area contributed by atoms with Crippen molar-refractivity contribution in [2.45, 2.75) is 46.1 Å². The lowest BCUT2D eigenvalue weighted by Crippen LogP contribution is -2.34. The van der Waals surface area contributed by atoms with Gasteiger partial charge in [0.05, 0.1) is 13.1 Å². The van der Waals surface area contributed by atoms with E-state index in [-0.39, 0.29) is 18.1 Å². The van der Waals surface area contributed by atoms with Crippen LogP contribution in [-0.4, -0.2) is 31.2 Å². The molecule has 22 heavy (non-hydrogen) atoms. The summed E-state index contributed by atoms with van der Waals surface area (Å²) in [5.41, 5.74) is 3.07. The molecule has 0 saturated carbocycles. The Morgan fingerprint density at radius 3 is 2.64 bits per heavy atom. The van der Waals surface area contributed by atoms with Gasteiger partial charge < -0.3 is 10.1 Å². The minimum Gasteiger partial charge on any atom is -0.442 e. The molecular weight excluding hydrogens is 280 g/mol. The lowest BCUT2D eigenvalue weighted by atomic mass is 10.1. The van der Waals surface area contributed by atoms with Gasteiger partial charge in [-0.1, -0.05) is 19.4 Å². The van der Waals surface area contributed by atoms with E-state index in [1.54, 1.807) is 4.90 Å². The molecule has 0 radical (unpaired) electrons. The Kier molecular flexibility index (Phi) is 5.41. The van der Waals surface area contributed by atoms with Crippen molar-refractivity contribution >= 4 is 17.7 Å². The third-order valence-corrected chi connectivity index (χ3v) is 3.68. The number of unbranched alkanes of at least 4 members (excludes halogenated alkanes) is 1. The highest BCUT2D eigenvalue weighted by Gasteiger charge is 2.32. The van der Waals surface area contributed by atoms with E-state index in [0.717, 1.165) is 29.7 Å². The number of nitrogens with one attached hydrogen (secondary N) is 1. The standard InChI is InChI=1S/C17H24N2O3/c1-4-5-6-16(20)18-10-15-11-19(17(21)22-15)14-8-12(2)7-13(3)9-14/h7-9,15H,4-6,10-11H2,1-3H3,(H,18,20). The van der Waals surface area contributed by atoms with Crippen molar-refractivity contribution < 1.29 is 14.3 Å². The molecule has 0 spiro atoms. The number of carbonyl (C=O) groups is 2. The quantitative estimate of drug-likeness (QED) is 0.879. The van der Waals surface area contributed by atoms with Gasteiger partial charge in [0.2, 0.25) is 5.91 Å². The molecule has 0 aliphatic carbocycles. The zero-order valence-electron chi connectivity index (χ0n) is 13.5. The maximum absolute atomic E-state index is 12.0. The third-order valence-electron chi connectivity index (χ3n) is 3.68. The number of carbonyl (C=O) groups excluding carboxylic acids is 2. The average molecular weight is 304 g/mol. The second kappa shape index (κ2) is 7.29. The number of ether oxygens (including phenoxy) is 1. The van der Waals surface area contributed by atoms with Crippen LogP contribution in [-0.2, 0) is 9.53 Å². The predicted molar refractivity (Wildman–Crippen MR) is 86.1 cm³/mol. The Bertz CT molecular complexity index is 537. The van der Waals surface area contributed by atoms with Crippen LogP contribution in [0, 0.1) is 13.8 Å². The van der Waals surface area contributed by atoms with Gasteiger partial charge >= 0.3 is 6.09 Å². The molecule has 1 saturated heterocycles. The number of nitrogens with zero attached hydrogens (tertiary/aromatic N) is 1. The van der Waals surface area contributed by atoms with Gasteiger partial charge in [0.1, 0.15) is 6.10 Å². The minimum atomic E-state index is -0.349. The topological polar surface area (TPSA) is 58.6 Å². The Labute approximate surface area is 131 Å². The normalized spacial score (nSPS) is 17.5. The van der Waals surface area contributed by atoms with Gasteiger partial charge in [-0.2, -0.15) is 0 Å². The third kappa shape index (κ3) is 4.23. The first-order valence-electron chi connectivity index (χ1n) is 7.82. The predicted octanol–water partition coefficient (Wildman–Crippen LogP) is 2.94. The highest BCUT2D eigenvalue weighted by molar-refractivity contribution is 5.90. The molecule has 2 amide bonds. The fourth-order valence-electron chi connectivity index (χ4n) is 2.60.